The fraction of sp³-hybridized carbons (Fsp3) is 0.444. The highest BCUT2D eigenvalue weighted by Gasteiger charge is 2.26. The van der Waals surface area contributed by atoms with Crippen LogP contribution in [0.2, 0.25) is 0 Å². The summed E-state index contributed by atoms with van der Waals surface area (Å²) >= 11 is 0. The molecule has 23 heavy (non-hydrogen) atoms. The first kappa shape index (κ1) is 17.1. The summed E-state index contributed by atoms with van der Waals surface area (Å²) in [6.45, 7) is 8.35. The lowest BCUT2D eigenvalue weighted by molar-refractivity contribution is 0.0943. The number of ether oxygens (including phenoxy) is 1. The van der Waals surface area contributed by atoms with Gasteiger partial charge in [0.2, 0.25) is 0 Å². The summed E-state index contributed by atoms with van der Waals surface area (Å²) in [5.41, 5.74) is 2.03. The zero-order valence-corrected chi connectivity index (χ0v) is 14.4. The lowest BCUT2D eigenvalue weighted by Crippen LogP contribution is -2.37. The minimum absolute atomic E-state index is 0.149. The SMILES string of the molecule is CCc1noc(C)c1C(=O)NCC(C)(C)c1ccccc1OC. The van der Waals surface area contributed by atoms with Crippen molar-refractivity contribution in [3.8, 4) is 5.75 Å². The summed E-state index contributed by atoms with van der Waals surface area (Å²) in [6, 6.07) is 7.86. The van der Waals surface area contributed by atoms with E-state index in [1.807, 2.05) is 31.2 Å². The molecule has 1 aromatic carbocycles. The van der Waals surface area contributed by atoms with Crippen LogP contribution < -0.4 is 10.1 Å². The minimum Gasteiger partial charge on any atom is -0.496 e. The highest BCUT2D eigenvalue weighted by Crippen LogP contribution is 2.31. The molecule has 0 atom stereocenters. The number of nitrogens with one attached hydrogen (secondary N) is 1. The first-order chi connectivity index (χ1) is 10.9. The molecular formula is C18H24N2O3. The quantitative estimate of drug-likeness (QED) is 0.888. The molecule has 0 spiro atoms. The van der Waals surface area contributed by atoms with Gasteiger partial charge in [-0.3, -0.25) is 4.79 Å². The minimum atomic E-state index is -0.264. The van der Waals surface area contributed by atoms with E-state index in [1.54, 1.807) is 14.0 Å². The smallest absolute Gasteiger partial charge is 0.256 e. The number of rotatable bonds is 6. The van der Waals surface area contributed by atoms with E-state index in [-0.39, 0.29) is 11.3 Å². The second kappa shape index (κ2) is 6.86. The number of carbonyl (C=O) groups is 1. The predicted octanol–water partition coefficient (Wildman–Crippen LogP) is 3.26. The zero-order valence-electron chi connectivity index (χ0n) is 14.4. The van der Waals surface area contributed by atoms with Crippen molar-refractivity contribution < 1.29 is 14.1 Å². The number of benzene rings is 1. The van der Waals surface area contributed by atoms with Crippen LogP contribution in [0.5, 0.6) is 5.75 Å². The van der Waals surface area contributed by atoms with Gasteiger partial charge in [-0.05, 0) is 19.4 Å². The van der Waals surface area contributed by atoms with Gasteiger partial charge in [-0.1, -0.05) is 44.1 Å². The lowest BCUT2D eigenvalue weighted by Gasteiger charge is -2.27. The first-order valence-electron chi connectivity index (χ1n) is 7.77. The van der Waals surface area contributed by atoms with Crippen molar-refractivity contribution in [3.05, 3.63) is 46.8 Å². The van der Waals surface area contributed by atoms with Crippen LogP contribution in [0.25, 0.3) is 0 Å². The Morgan fingerprint density at radius 3 is 2.70 bits per heavy atom. The molecule has 1 amide bonds. The van der Waals surface area contributed by atoms with Crippen LogP contribution in [0.4, 0.5) is 0 Å². The summed E-state index contributed by atoms with van der Waals surface area (Å²) in [6.07, 6.45) is 0.663. The Morgan fingerprint density at radius 1 is 1.35 bits per heavy atom. The Bertz CT molecular complexity index is 689. The van der Waals surface area contributed by atoms with Gasteiger partial charge in [-0.2, -0.15) is 0 Å². The van der Waals surface area contributed by atoms with Gasteiger partial charge in [0.15, 0.2) is 0 Å². The van der Waals surface area contributed by atoms with Crippen molar-refractivity contribution in [2.45, 2.75) is 39.5 Å². The number of aryl methyl sites for hydroxylation is 2. The van der Waals surface area contributed by atoms with E-state index in [4.69, 9.17) is 9.26 Å². The van der Waals surface area contributed by atoms with E-state index in [0.29, 0.717) is 30.0 Å². The van der Waals surface area contributed by atoms with Crippen molar-refractivity contribution >= 4 is 5.91 Å². The second-order valence-electron chi connectivity index (χ2n) is 6.18. The predicted molar refractivity (Wildman–Crippen MR) is 89.0 cm³/mol. The summed E-state index contributed by atoms with van der Waals surface area (Å²) in [7, 11) is 1.65. The Balaban J connectivity index is 2.15. The molecule has 1 N–H and O–H groups in total. The van der Waals surface area contributed by atoms with Gasteiger partial charge < -0.3 is 14.6 Å². The van der Waals surface area contributed by atoms with Crippen molar-refractivity contribution in [2.24, 2.45) is 0 Å². The third-order valence-corrected chi connectivity index (χ3v) is 4.02. The second-order valence-corrected chi connectivity index (χ2v) is 6.18. The number of amides is 1. The molecule has 1 aromatic heterocycles. The Morgan fingerprint density at radius 2 is 2.04 bits per heavy atom. The Kier molecular flexibility index (Phi) is 5.08. The molecule has 1 heterocycles. The molecule has 0 saturated carbocycles. The number of nitrogens with zero attached hydrogens (tertiary/aromatic N) is 1. The van der Waals surface area contributed by atoms with Gasteiger partial charge in [-0.15, -0.1) is 0 Å². The van der Waals surface area contributed by atoms with Crippen LogP contribution in [0.15, 0.2) is 28.8 Å². The highest BCUT2D eigenvalue weighted by atomic mass is 16.5. The molecule has 0 fully saturated rings. The van der Waals surface area contributed by atoms with Crippen LogP contribution >= 0.6 is 0 Å². The van der Waals surface area contributed by atoms with E-state index in [0.717, 1.165) is 11.3 Å². The molecule has 0 unspecified atom stereocenters. The summed E-state index contributed by atoms with van der Waals surface area (Å²) < 4.78 is 10.6. The zero-order chi connectivity index (χ0) is 17.0. The highest BCUT2D eigenvalue weighted by molar-refractivity contribution is 5.96. The van der Waals surface area contributed by atoms with Crippen molar-refractivity contribution in [1.82, 2.24) is 10.5 Å². The molecule has 5 heteroatoms. The standard InChI is InChI=1S/C18H24N2O3/c1-6-14-16(12(2)23-20-14)17(21)19-11-18(3,4)13-9-7-8-10-15(13)22-5/h7-10H,6,11H2,1-5H3,(H,19,21). The van der Waals surface area contributed by atoms with Gasteiger partial charge in [0, 0.05) is 17.5 Å². The number of aromatic nitrogens is 1. The number of hydrogen-bond acceptors (Lipinski definition) is 4. The Hall–Kier alpha value is -2.30. The number of para-hydroxylation sites is 1. The van der Waals surface area contributed by atoms with Crippen molar-refractivity contribution in [3.63, 3.8) is 0 Å². The molecule has 2 rings (SSSR count). The normalized spacial score (nSPS) is 11.3. The monoisotopic (exact) mass is 316 g/mol. The Labute approximate surface area is 137 Å². The molecule has 0 bridgehead atoms. The van der Waals surface area contributed by atoms with Crippen molar-refractivity contribution in [1.29, 1.82) is 0 Å². The van der Waals surface area contributed by atoms with Crippen LogP contribution in [-0.4, -0.2) is 24.7 Å². The maximum absolute atomic E-state index is 12.5. The molecule has 0 aliphatic carbocycles. The summed E-state index contributed by atoms with van der Waals surface area (Å²) in [4.78, 5) is 12.5. The number of carbonyl (C=O) groups excluding carboxylic acids is 1. The molecule has 0 radical (unpaired) electrons. The fourth-order valence-electron chi connectivity index (χ4n) is 2.64. The third kappa shape index (κ3) is 3.55. The molecule has 0 aliphatic heterocycles. The van der Waals surface area contributed by atoms with Gasteiger partial charge in [0.1, 0.15) is 17.1 Å². The average Bonchev–Trinajstić information content (AvgIpc) is 2.93. The average molecular weight is 316 g/mol. The molecule has 2 aromatic rings. The maximum atomic E-state index is 12.5. The summed E-state index contributed by atoms with van der Waals surface area (Å²) in [5, 5.41) is 6.93. The topological polar surface area (TPSA) is 64.4 Å². The number of hydrogen-bond donors (Lipinski definition) is 1. The van der Waals surface area contributed by atoms with Gasteiger partial charge in [0.25, 0.3) is 5.91 Å². The molecule has 124 valence electrons. The van der Waals surface area contributed by atoms with E-state index in [9.17, 15) is 4.79 Å². The number of methoxy groups -OCH3 is 1. The van der Waals surface area contributed by atoms with Gasteiger partial charge in [-0.25, -0.2) is 0 Å². The first-order valence-corrected chi connectivity index (χ1v) is 7.77. The van der Waals surface area contributed by atoms with Crippen LogP contribution in [0, 0.1) is 6.92 Å². The lowest BCUT2D eigenvalue weighted by atomic mass is 9.84. The largest absolute Gasteiger partial charge is 0.496 e. The molecule has 0 aliphatic rings. The van der Waals surface area contributed by atoms with Crippen LogP contribution in [0.1, 0.15) is 48.1 Å². The van der Waals surface area contributed by atoms with E-state index >= 15 is 0 Å². The fourth-order valence-corrected chi connectivity index (χ4v) is 2.64. The van der Waals surface area contributed by atoms with Gasteiger partial charge in [0.05, 0.1) is 12.8 Å². The van der Waals surface area contributed by atoms with E-state index in [1.165, 1.54) is 0 Å². The molecular weight excluding hydrogens is 292 g/mol. The van der Waals surface area contributed by atoms with Crippen LogP contribution in [0.3, 0.4) is 0 Å². The van der Waals surface area contributed by atoms with Crippen molar-refractivity contribution in [2.75, 3.05) is 13.7 Å². The summed E-state index contributed by atoms with van der Waals surface area (Å²) in [5.74, 6) is 1.22. The third-order valence-electron chi connectivity index (χ3n) is 4.02. The van der Waals surface area contributed by atoms with E-state index < -0.39 is 0 Å². The van der Waals surface area contributed by atoms with E-state index in [2.05, 4.69) is 24.3 Å². The molecule has 5 nitrogen and oxygen atoms in total. The van der Waals surface area contributed by atoms with Crippen LogP contribution in [-0.2, 0) is 11.8 Å². The van der Waals surface area contributed by atoms with Gasteiger partial charge >= 0.3 is 0 Å². The maximum Gasteiger partial charge on any atom is 0.256 e. The molecule has 0 saturated heterocycles.